The summed E-state index contributed by atoms with van der Waals surface area (Å²) in [6, 6.07) is 4.43. The molecule has 0 saturated carbocycles. The van der Waals surface area contributed by atoms with Crippen LogP contribution in [0.5, 0.6) is 11.8 Å². The van der Waals surface area contributed by atoms with Gasteiger partial charge in [-0.1, -0.05) is 6.92 Å². The number of rotatable bonds is 6. The molecule has 0 saturated heterocycles. The second-order valence-electron chi connectivity index (χ2n) is 4.62. The Morgan fingerprint density at radius 2 is 2.19 bits per heavy atom. The van der Waals surface area contributed by atoms with Gasteiger partial charge < -0.3 is 10.1 Å². The lowest BCUT2D eigenvalue weighted by atomic mass is 10.2. The Kier molecular flexibility index (Phi) is 5.64. The lowest BCUT2D eigenvalue weighted by Crippen LogP contribution is -2.15. The van der Waals surface area contributed by atoms with E-state index in [-0.39, 0.29) is 11.8 Å². The quantitative estimate of drug-likeness (QED) is 0.798. The molecule has 4 nitrogen and oxygen atoms in total. The van der Waals surface area contributed by atoms with Crippen molar-refractivity contribution >= 4 is 15.9 Å². The second-order valence-corrected chi connectivity index (χ2v) is 5.47. The summed E-state index contributed by atoms with van der Waals surface area (Å²) < 4.78 is 19.4. The van der Waals surface area contributed by atoms with E-state index in [1.807, 2.05) is 6.92 Å². The van der Waals surface area contributed by atoms with Crippen molar-refractivity contribution in [1.29, 1.82) is 0 Å². The first-order valence-electron chi connectivity index (χ1n) is 6.76. The maximum atomic E-state index is 13.2. The first-order valence-corrected chi connectivity index (χ1v) is 7.55. The van der Waals surface area contributed by atoms with E-state index in [0.717, 1.165) is 30.8 Å². The fourth-order valence-corrected chi connectivity index (χ4v) is 2.07. The van der Waals surface area contributed by atoms with Crippen molar-refractivity contribution in [2.24, 2.45) is 0 Å². The zero-order valence-electron chi connectivity index (χ0n) is 12.0. The molecule has 1 N–H and O–H groups in total. The Balaban J connectivity index is 2.11. The van der Waals surface area contributed by atoms with Gasteiger partial charge in [-0.25, -0.2) is 9.37 Å². The van der Waals surface area contributed by atoms with Gasteiger partial charge in [0.25, 0.3) is 0 Å². The van der Waals surface area contributed by atoms with E-state index in [2.05, 4.69) is 38.1 Å². The molecule has 0 fully saturated rings. The summed E-state index contributed by atoms with van der Waals surface area (Å²) in [5.41, 5.74) is 1.87. The van der Waals surface area contributed by atoms with Gasteiger partial charge in [0.1, 0.15) is 11.6 Å². The van der Waals surface area contributed by atoms with Gasteiger partial charge in [0.15, 0.2) is 0 Å². The molecule has 21 heavy (non-hydrogen) atoms. The Bertz CT molecular complexity index is 622. The van der Waals surface area contributed by atoms with Crippen LogP contribution in [0.2, 0.25) is 0 Å². The van der Waals surface area contributed by atoms with E-state index < -0.39 is 0 Å². The molecule has 0 amide bonds. The van der Waals surface area contributed by atoms with E-state index in [4.69, 9.17) is 4.74 Å². The molecule has 0 bridgehead atoms. The van der Waals surface area contributed by atoms with Crippen molar-refractivity contribution in [2.45, 2.75) is 26.8 Å². The van der Waals surface area contributed by atoms with Crippen LogP contribution in [0, 0.1) is 12.7 Å². The zero-order valence-corrected chi connectivity index (χ0v) is 13.6. The van der Waals surface area contributed by atoms with Crippen LogP contribution in [0.25, 0.3) is 0 Å². The highest BCUT2D eigenvalue weighted by Crippen LogP contribution is 2.28. The van der Waals surface area contributed by atoms with Crippen molar-refractivity contribution in [3.8, 4) is 11.8 Å². The molecule has 1 heterocycles. The Morgan fingerprint density at radius 3 is 2.90 bits per heavy atom. The average molecular weight is 354 g/mol. The monoisotopic (exact) mass is 353 g/mol. The van der Waals surface area contributed by atoms with E-state index in [1.54, 1.807) is 12.3 Å². The summed E-state index contributed by atoms with van der Waals surface area (Å²) in [5, 5.41) is 3.30. The number of nitrogens with zero attached hydrogens (tertiary/aromatic N) is 2. The molecule has 0 aliphatic carbocycles. The molecule has 0 unspecified atom stereocenters. The van der Waals surface area contributed by atoms with Gasteiger partial charge in [0, 0.05) is 30.1 Å². The van der Waals surface area contributed by atoms with Crippen LogP contribution in [0.3, 0.4) is 0 Å². The number of aryl methyl sites for hydroxylation is 1. The van der Waals surface area contributed by atoms with Gasteiger partial charge in [-0.05, 0) is 48.0 Å². The average Bonchev–Trinajstić information content (AvgIpc) is 2.45. The van der Waals surface area contributed by atoms with Gasteiger partial charge in [-0.2, -0.15) is 4.98 Å². The van der Waals surface area contributed by atoms with Crippen molar-refractivity contribution in [3.63, 3.8) is 0 Å². The summed E-state index contributed by atoms with van der Waals surface area (Å²) in [7, 11) is 0. The normalized spacial score (nSPS) is 10.7. The Labute approximate surface area is 131 Å². The summed E-state index contributed by atoms with van der Waals surface area (Å²) in [6.45, 7) is 5.69. The molecular weight excluding hydrogens is 337 g/mol. The number of halogens is 2. The van der Waals surface area contributed by atoms with Crippen molar-refractivity contribution in [2.75, 3.05) is 6.54 Å². The third-order valence-electron chi connectivity index (χ3n) is 2.90. The second kappa shape index (κ2) is 7.47. The van der Waals surface area contributed by atoms with Crippen LogP contribution in [0.15, 0.2) is 28.9 Å². The summed E-state index contributed by atoms with van der Waals surface area (Å²) in [5.74, 6) is -0.0171. The predicted molar refractivity (Wildman–Crippen MR) is 82.9 cm³/mol. The number of aromatic nitrogens is 2. The lowest BCUT2D eigenvalue weighted by Gasteiger charge is -2.09. The molecule has 1 aromatic heterocycles. The van der Waals surface area contributed by atoms with Crippen LogP contribution >= 0.6 is 15.9 Å². The van der Waals surface area contributed by atoms with Gasteiger partial charge in [-0.3, -0.25) is 0 Å². The SMILES string of the molecule is CCCNCc1cnc(Oc2cc(F)ccc2Br)nc1C. The maximum Gasteiger partial charge on any atom is 0.322 e. The van der Waals surface area contributed by atoms with Gasteiger partial charge in [-0.15, -0.1) is 0 Å². The smallest absolute Gasteiger partial charge is 0.322 e. The van der Waals surface area contributed by atoms with Crippen LogP contribution in [0.4, 0.5) is 4.39 Å². The van der Waals surface area contributed by atoms with E-state index in [1.165, 1.54) is 12.1 Å². The molecule has 6 heteroatoms. The Morgan fingerprint density at radius 1 is 1.38 bits per heavy atom. The molecule has 0 atom stereocenters. The molecular formula is C15H17BrFN3O. The first-order chi connectivity index (χ1) is 10.1. The molecule has 112 valence electrons. The predicted octanol–water partition coefficient (Wildman–Crippen LogP) is 3.98. The minimum atomic E-state index is -0.370. The minimum Gasteiger partial charge on any atom is -0.423 e. The molecule has 0 spiro atoms. The number of hydrogen-bond donors (Lipinski definition) is 1. The molecule has 0 aliphatic heterocycles. The molecule has 2 rings (SSSR count). The summed E-state index contributed by atoms with van der Waals surface area (Å²) in [6.07, 6.45) is 2.81. The topological polar surface area (TPSA) is 47.0 Å². The standard InChI is InChI=1S/C15H17BrFN3O/c1-3-6-18-8-11-9-19-15(20-10(11)2)21-14-7-12(17)4-5-13(14)16/h4-5,7,9,18H,3,6,8H2,1-2H3. The number of benzene rings is 1. The molecule has 2 aromatic rings. The van der Waals surface area contributed by atoms with Gasteiger partial charge in [0.05, 0.1) is 4.47 Å². The summed E-state index contributed by atoms with van der Waals surface area (Å²) >= 11 is 3.31. The van der Waals surface area contributed by atoms with Crippen molar-refractivity contribution < 1.29 is 9.13 Å². The molecule has 0 aliphatic rings. The number of ether oxygens (including phenoxy) is 1. The van der Waals surface area contributed by atoms with Crippen LogP contribution in [-0.4, -0.2) is 16.5 Å². The van der Waals surface area contributed by atoms with Gasteiger partial charge in [0.2, 0.25) is 0 Å². The third kappa shape index (κ3) is 4.47. The van der Waals surface area contributed by atoms with E-state index in [0.29, 0.717) is 10.2 Å². The van der Waals surface area contributed by atoms with E-state index >= 15 is 0 Å². The van der Waals surface area contributed by atoms with Gasteiger partial charge >= 0.3 is 6.01 Å². The first kappa shape index (κ1) is 15.9. The van der Waals surface area contributed by atoms with Crippen LogP contribution in [-0.2, 0) is 6.54 Å². The zero-order chi connectivity index (χ0) is 15.2. The highest BCUT2D eigenvalue weighted by atomic mass is 79.9. The number of hydrogen-bond acceptors (Lipinski definition) is 4. The van der Waals surface area contributed by atoms with Crippen LogP contribution < -0.4 is 10.1 Å². The highest BCUT2D eigenvalue weighted by molar-refractivity contribution is 9.10. The number of nitrogens with one attached hydrogen (secondary N) is 1. The largest absolute Gasteiger partial charge is 0.423 e. The third-order valence-corrected chi connectivity index (χ3v) is 3.55. The molecule has 0 radical (unpaired) electrons. The fraction of sp³-hybridized carbons (Fsp3) is 0.333. The van der Waals surface area contributed by atoms with Crippen molar-refractivity contribution in [3.05, 3.63) is 45.9 Å². The molecule has 1 aromatic carbocycles. The summed E-state index contributed by atoms with van der Waals surface area (Å²) in [4.78, 5) is 8.47. The highest BCUT2D eigenvalue weighted by Gasteiger charge is 2.08. The van der Waals surface area contributed by atoms with Crippen molar-refractivity contribution in [1.82, 2.24) is 15.3 Å². The van der Waals surface area contributed by atoms with E-state index in [9.17, 15) is 4.39 Å². The van der Waals surface area contributed by atoms with Crippen LogP contribution in [0.1, 0.15) is 24.6 Å². The minimum absolute atomic E-state index is 0.207. The Hall–Kier alpha value is -1.53. The fourth-order valence-electron chi connectivity index (χ4n) is 1.75. The maximum absolute atomic E-state index is 13.2. The lowest BCUT2D eigenvalue weighted by molar-refractivity contribution is 0.432.